The first-order valence-corrected chi connectivity index (χ1v) is 12.1. The number of amides is 1. The number of anilines is 1. The second-order valence-electron chi connectivity index (χ2n) is 6.81. The molecule has 9 heteroatoms. The van der Waals surface area contributed by atoms with Gasteiger partial charge in [0.1, 0.15) is 10.6 Å². The number of rotatable bonds is 8. The van der Waals surface area contributed by atoms with Crippen molar-refractivity contribution in [2.24, 2.45) is 0 Å². The quantitative estimate of drug-likeness (QED) is 0.666. The van der Waals surface area contributed by atoms with E-state index in [-0.39, 0.29) is 34.9 Å². The lowest BCUT2D eigenvalue weighted by atomic mass is 10.2. The Balaban J connectivity index is 1.71. The topological polar surface area (TPSA) is 84.9 Å². The zero-order valence-corrected chi connectivity index (χ0v) is 18.7. The standard InChI is InChI=1S/C21H26N2O5S2/c1-16(29-15-17-6-4-3-5-7-17)21(24)22-18-8-9-19(27-2)20(14-18)30(25,26)23-10-12-28-13-11-23/h3-9,14,16H,10-13,15H2,1-2H3,(H,22,24). The maximum absolute atomic E-state index is 13.1. The number of sulfonamides is 1. The van der Waals surface area contributed by atoms with Crippen molar-refractivity contribution in [2.45, 2.75) is 22.8 Å². The monoisotopic (exact) mass is 450 g/mol. The highest BCUT2D eigenvalue weighted by Gasteiger charge is 2.29. The molecule has 1 heterocycles. The fourth-order valence-electron chi connectivity index (χ4n) is 3.00. The Morgan fingerprint density at radius 2 is 1.90 bits per heavy atom. The van der Waals surface area contributed by atoms with Gasteiger partial charge in [-0.05, 0) is 30.7 Å². The number of carbonyl (C=O) groups is 1. The van der Waals surface area contributed by atoms with Crippen LogP contribution in [0.15, 0.2) is 53.4 Å². The third kappa shape index (κ3) is 5.54. The lowest BCUT2D eigenvalue weighted by Gasteiger charge is -2.27. The maximum atomic E-state index is 13.1. The second kappa shape index (κ2) is 10.3. The number of thioether (sulfide) groups is 1. The van der Waals surface area contributed by atoms with Crippen LogP contribution in [-0.2, 0) is 25.3 Å². The van der Waals surface area contributed by atoms with Gasteiger partial charge in [0.15, 0.2) is 0 Å². The molecule has 1 aliphatic heterocycles. The molecule has 0 radical (unpaired) electrons. The van der Waals surface area contributed by atoms with Crippen LogP contribution >= 0.6 is 11.8 Å². The van der Waals surface area contributed by atoms with Crippen LogP contribution in [0.4, 0.5) is 5.69 Å². The number of methoxy groups -OCH3 is 1. The summed E-state index contributed by atoms with van der Waals surface area (Å²) in [4.78, 5) is 12.6. The molecule has 30 heavy (non-hydrogen) atoms. The fourth-order valence-corrected chi connectivity index (χ4v) is 5.43. The molecule has 162 valence electrons. The normalized spacial score (nSPS) is 16.1. The molecule has 7 nitrogen and oxygen atoms in total. The first kappa shape index (κ1) is 22.6. The first-order valence-electron chi connectivity index (χ1n) is 9.64. The summed E-state index contributed by atoms with van der Waals surface area (Å²) in [5.41, 5.74) is 1.56. The van der Waals surface area contributed by atoms with Crippen molar-refractivity contribution < 1.29 is 22.7 Å². The maximum Gasteiger partial charge on any atom is 0.246 e. The van der Waals surface area contributed by atoms with Crippen molar-refractivity contribution in [3.8, 4) is 5.75 Å². The van der Waals surface area contributed by atoms with Gasteiger partial charge in [0, 0.05) is 24.5 Å². The Morgan fingerprint density at radius 3 is 2.57 bits per heavy atom. The van der Waals surface area contributed by atoms with Gasteiger partial charge in [0.05, 0.1) is 25.6 Å². The lowest BCUT2D eigenvalue weighted by molar-refractivity contribution is -0.115. The Labute approximate surface area is 181 Å². The van der Waals surface area contributed by atoms with Gasteiger partial charge in [-0.3, -0.25) is 4.79 Å². The average molecular weight is 451 g/mol. The van der Waals surface area contributed by atoms with E-state index < -0.39 is 10.0 Å². The molecule has 1 saturated heterocycles. The summed E-state index contributed by atoms with van der Waals surface area (Å²) in [6.45, 7) is 3.12. The summed E-state index contributed by atoms with van der Waals surface area (Å²) in [6, 6.07) is 14.6. The molecule has 0 bridgehead atoms. The van der Waals surface area contributed by atoms with Crippen LogP contribution in [-0.4, -0.2) is 57.3 Å². The number of morpholine rings is 1. The highest BCUT2D eigenvalue weighted by Crippen LogP contribution is 2.30. The van der Waals surface area contributed by atoms with Crippen molar-refractivity contribution in [2.75, 3.05) is 38.7 Å². The van der Waals surface area contributed by atoms with E-state index in [1.807, 2.05) is 37.3 Å². The molecule has 1 N–H and O–H groups in total. The highest BCUT2D eigenvalue weighted by molar-refractivity contribution is 7.99. The molecule has 1 aliphatic rings. The van der Waals surface area contributed by atoms with Gasteiger partial charge < -0.3 is 14.8 Å². The molecule has 0 saturated carbocycles. The molecule has 2 aromatic rings. The van der Waals surface area contributed by atoms with Gasteiger partial charge in [-0.1, -0.05) is 30.3 Å². The Hall–Kier alpha value is -2.07. The van der Waals surface area contributed by atoms with Crippen LogP contribution in [0.1, 0.15) is 12.5 Å². The molecule has 0 aliphatic carbocycles. The van der Waals surface area contributed by atoms with E-state index in [0.29, 0.717) is 24.7 Å². The largest absolute Gasteiger partial charge is 0.495 e. The predicted octanol–water partition coefficient (Wildman–Crippen LogP) is 2.98. The van der Waals surface area contributed by atoms with Gasteiger partial charge in [-0.25, -0.2) is 8.42 Å². The lowest BCUT2D eigenvalue weighted by Crippen LogP contribution is -2.40. The molecular weight excluding hydrogens is 424 g/mol. The minimum atomic E-state index is -3.76. The van der Waals surface area contributed by atoms with Crippen LogP contribution in [0, 0.1) is 0 Å². The van der Waals surface area contributed by atoms with Gasteiger partial charge in [-0.15, -0.1) is 11.8 Å². The molecule has 0 spiro atoms. The first-order chi connectivity index (χ1) is 14.4. The Bertz CT molecular complexity index is 961. The van der Waals surface area contributed by atoms with Crippen molar-refractivity contribution in [1.82, 2.24) is 4.31 Å². The molecule has 1 amide bonds. The summed E-state index contributed by atoms with van der Waals surface area (Å²) in [5, 5.41) is 2.52. The number of nitrogens with zero attached hydrogens (tertiary/aromatic N) is 1. The van der Waals surface area contributed by atoms with E-state index in [1.54, 1.807) is 12.1 Å². The van der Waals surface area contributed by atoms with Crippen LogP contribution < -0.4 is 10.1 Å². The van der Waals surface area contributed by atoms with Gasteiger partial charge in [0.2, 0.25) is 15.9 Å². The van der Waals surface area contributed by atoms with Crippen LogP contribution in [0.2, 0.25) is 0 Å². The van der Waals surface area contributed by atoms with Crippen LogP contribution in [0.5, 0.6) is 5.75 Å². The summed E-state index contributed by atoms with van der Waals surface area (Å²) >= 11 is 1.52. The molecule has 1 fully saturated rings. The Kier molecular flexibility index (Phi) is 7.76. The molecule has 1 atom stereocenters. The van der Waals surface area contributed by atoms with E-state index in [2.05, 4.69) is 5.32 Å². The van der Waals surface area contributed by atoms with Gasteiger partial charge >= 0.3 is 0 Å². The predicted molar refractivity (Wildman–Crippen MR) is 118 cm³/mol. The zero-order valence-electron chi connectivity index (χ0n) is 17.0. The SMILES string of the molecule is COc1ccc(NC(=O)C(C)SCc2ccccc2)cc1S(=O)(=O)N1CCOCC1. The van der Waals surface area contributed by atoms with Crippen LogP contribution in [0.3, 0.4) is 0 Å². The fraction of sp³-hybridized carbons (Fsp3) is 0.381. The number of ether oxygens (including phenoxy) is 2. The Morgan fingerprint density at radius 1 is 1.20 bits per heavy atom. The third-order valence-corrected chi connectivity index (χ3v) is 7.87. The molecule has 3 rings (SSSR count). The highest BCUT2D eigenvalue weighted by atomic mass is 32.2. The van der Waals surface area contributed by atoms with Crippen LogP contribution in [0.25, 0.3) is 0 Å². The van der Waals surface area contributed by atoms with Gasteiger partial charge in [0.25, 0.3) is 0 Å². The van der Waals surface area contributed by atoms with E-state index in [0.717, 1.165) is 5.56 Å². The van der Waals surface area contributed by atoms with E-state index >= 15 is 0 Å². The summed E-state index contributed by atoms with van der Waals surface area (Å²) in [5.74, 6) is 0.774. The third-order valence-electron chi connectivity index (χ3n) is 4.73. The average Bonchev–Trinajstić information content (AvgIpc) is 2.78. The number of hydrogen-bond donors (Lipinski definition) is 1. The van der Waals surface area contributed by atoms with Crippen molar-refractivity contribution >= 4 is 33.4 Å². The van der Waals surface area contributed by atoms with E-state index in [9.17, 15) is 13.2 Å². The molecule has 2 aromatic carbocycles. The summed E-state index contributed by atoms with van der Waals surface area (Å²) < 4.78 is 38.0. The van der Waals surface area contributed by atoms with Crippen molar-refractivity contribution in [1.29, 1.82) is 0 Å². The summed E-state index contributed by atoms with van der Waals surface area (Å²) in [7, 11) is -2.33. The van der Waals surface area contributed by atoms with E-state index in [4.69, 9.17) is 9.47 Å². The number of carbonyl (C=O) groups excluding carboxylic acids is 1. The molecular formula is C21H26N2O5S2. The minimum Gasteiger partial charge on any atom is -0.495 e. The second-order valence-corrected chi connectivity index (χ2v) is 10.0. The van der Waals surface area contributed by atoms with Gasteiger partial charge in [-0.2, -0.15) is 4.31 Å². The minimum absolute atomic E-state index is 0.0364. The zero-order chi connectivity index (χ0) is 21.6. The number of hydrogen-bond acceptors (Lipinski definition) is 6. The number of benzene rings is 2. The number of nitrogens with one attached hydrogen (secondary N) is 1. The smallest absolute Gasteiger partial charge is 0.246 e. The van der Waals surface area contributed by atoms with E-state index in [1.165, 1.54) is 29.2 Å². The van der Waals surface area contributed by atoms with Crippen molar-refractivity contribution in [3.63, 3.8) is 0 Å². The molecule has 1 unspecified atom stereocenters. The van der Waals surface area contributed by atoms with Crippen molar-refractivity contribution in [3.05, 3.63) is 54.1 Å². The summed E-state index contributed by atoms with van der Waals surface area (Å²) in [6.07, 6.45) is 0. The molecule has 0 aromatic heterocycles.